The predicted octanol–water partition coefficient (Wildman–Crippen LogP) is 0.559. The molecule has 1 heterocycles. The van der Waals surface area contributed by atoms with Gasteiger partial charge in [0.15, 0.2) is 0 Å². The molecule has 36 valence electrons. The van der Waals surface area contributed by atoms with Gasteiger partial charge in [-0.3, -0.25) is 0 Å². The molecule has 3 heteroatoms. The van der Waals surface area contributed by atoms with E-state index in [0.29, 0.717) is 0 Å². The van der Waals surface area contributed by atoms with Gasteiger partial charge < -0.3 is 4.18 Å². The van der Waals surface area contributed by atoms with Crippen LogP contribution >= 0.6 is 12.2 Å². The van der Waals surface area contributed by atoms with Gasteiger partial charge in [-0.15, -0.1) is 0 Å². The Labute approximate surface area is 41.6 Å². The first kappa shape index (κ1) is 4.43. The molecule has 0 radical (unpaired) electrons. The Morgan fingerprint density at radius 1 is 1.67 bits per heavy atom. The molecule has 0 saturated carbocycles. The van der Waals surface area contributed by atoms with Gasteiger partial charge >= 0.3 is 0 Å². The van der Waals surface area contributed by atoms with Crippen LogP contribution in [0.4, 0.5) is 0 Å². The Kier molecular flexibility index (Phi) is 1.80. The quantitative estimate of drug-likeness (QED) is 0.359. The van der Waals surface area contributed by atoms with Crippen LogP contribution in [0.3, 0.4) is 0 Å². The van der Waals surface area contributed by atoms with Gasteiger partial charge in [0.1, 0.15) is 0 Å². The van der Waals surface area contributed by atoms with E-state index in [4.69, 9.17) is 4.18 Å². The number of nitrogens with one attached hydrogen (secondary N) is 1. The van der Waals surface area contributed by atoms with E-state index in [1.807, 2.05) is 0 Å². The van der Waals surface area contributed by atoms with Gasteiger partial charge in [-0.2, -0.15) is 0 Å². The van der Waals surface area contributed by atoms with Crippen molar-refractivity contribution in [3.05, 3.63) is 0 Å². The zero-order valence-electron chi connectivity index (χ0n) is 3.44. The Bertz CT molecular complexity index is 26.3. The van der Waals surface area contributed by atoms with Crippen molar-refractivity contribution in [2.75, 3.05) is 13.2 Å². The van der Waals surface area contributed by atoms with Crippen LogP contribution in [0.25, 0.3) is 0 Å². The molecule has 0 spiro atoms. The van der Waals surface area contributed by atoms with E-state index in [-0.39, 0.29) is 0 Å². The molecule has 1 fully saturated rings. The zero-order valence-corrected chi connectivity index (χ0v) is 4.25. The van der Waals surface area contributed by atoms with Gasteiger partial charge in [0.2, 0.25) is 0 Å². The normalized spacial score (nSPS) is 24.0. The van der Waals surface area contributed by atoms with Crippen molar-refractivity contribution >= 4 is 12.2 Å². The Morgan fingerprint density at radius 2 is 2.67 bits per heavy atom. The molecular formula is C3H7NOS. The second kappa shape index (κ2) is 2.44. The maximum Gasteiger partial charge on any atom is 0.0788 e. The Hall–Kier alpha value is 0.270. The van der Waals surface area contributed by atoms with Crippen LogP contribution in [-0.2, 0) is 4.18 Å². The lowest BCUT2D eigenvalue weighted by atomic mass is 10.5. The van der Waals surface area contributed by atoms with Crippen molar-refractivity contribution in [2.45, 2.75) is 6.42 Å². The SMILES string of the molecule is C1CNSOC1. The summed E-state index contributed by atoms with van der Waals surface area (Å²) in [4.78, 5) is 0. The first-order valence-electron chi connectivity index (χ1n) is 2.01. The van der Waals surface area contributed by atoms with Crippen LogP contribution in [0.15, 0.2) is 0 Å². The fourth-order valence-electron chi connectivity index (χ4n) is 0.328. The molecular weight excluding hydrogens is 98.1 g/mol. The monoisotopic (exact) mass is 105 g/mol. The summed E-state index contributed by atoms with van der Waals surface area (Å²) in [6.45, 7) is 1.99. The van der Waals surface area contributed by atoms with E-state index in [1.165, 1.54) is 12.2 Å². The third kappa shape index (κ3) is 1.16. The lowest BCUT2D eigenvalue weighted by Crippen LogP contribution is -2.14. The van der Waals surface area contributed by atoms with E-state index < -0.39 is 0 Å². The molecule has 0 aromatic heterocycles. The summed E-state index contributed by atoms with van der Waals surface area (Å²) >= 11 is 1.34. The van der Waals surface area contributed by atoms with E-state index in [0.717, 1.165) is 19.6 Å². The average Bonchev–Trinajstić information content (AvgIpc) is 1.72. The molecule has 2 nitrogen and oxygen atoms in total. The summed E-state index contributed by atoms with van der Waals surface area (Å²) in [5.41, 5.74) is 0. The number of rotatable bonds is 0. The highest BCUT2D eigenvalue weighted by atomic mass is 32.2. The van der Waals surface area contributed by atoms with Gasteiger partial charge in [0, 0.05) is 6.54 Å². The van der Waals surface area contributed by atoms with Crippen molar-refractivity contribution < 1.29 is 4.18 Å². The lowest BCUT2D eigenvalue weighted by molar-refractivity contribution is 0.342. The van der Waals surface area contributed by atoms with Crippen LogP contribution in [0, 0.1) is 0 Å². The fraction of sp³-hybridized carbons (Fsp3) is 1.00. The minimum atomic E-state index is 0.900. The highest BCUT2D eigenvalue weighted by Gasteiger charge is 1.94. The van der Waals surface area contributed by atoms with Gasteiger partial charge in [0.25, 0.3) is 0 Å². The van der Waals surface area contributed by atoms with E-state index in [9.17, 15) is 0 Å². The van der Waals surface area contributed by atoms with Crippen molar-refractivity contribution in [1.29, 1.82) is 0 Å². The van der Waals surface area contributed by atoms with E-state index in [2.05, 4.69) is 4.72 Å². The minimum absolute atomic E-state index is 0.900. The highest BCUT2D eigenvalue weighted by molar-refractivity contribution is 7.92. The largest absolute Gasteiger partial charge is 0.301 e. The number of hydrogen-bond acceptors (Lipinski definition) is 3. The molecule has 0 atom stereocenters. The van der Waals surface area contributed by atoms with Crippen LogP contribution in [0.5, 0.6) is 0 Å². The molecule has 0 aromatic rings. The van der Waals surface area contributed by atoms with Crippen molar-refractivity contribution in [1.82, 2.24) is 4.72 Å². The second-order valence-electron chi connectivity index (χ2n) is 1.15. The van der Waals surface area contributed by atoms with E-state index >= 15 is 0 Å². The molecule has 0 unspecified atom stereocenters. The molecule has 1 aliphatic heterocycles. The van der Waals surface area contributed by atoms with Crippen LogP contribution in [0.2, 0.25) is 0 Å². The highest BCUT2D eigenvalue weighted by Crippen LogP contribution is 2.01. The smallest absolute Gasteiger partial charge is 0.0788 e. The van der Waals surface area contributed by atoms with Gasteiger partial charge in [-0.25, -0.2) is 4.72 Å². The predicted molar refractivity (Wildman–Crippen MR) is 26.2 cm³/mol. The summed E-state index contributed by atoms with van der Waals surface area (Å²) in [5.74, 6) is 0. The summed E-state index contributed by atoms with van der Waals surface area (Å²) in [6, 6.07) is 0. The van der Waals surface area contributed by atoms with Crippen LogP contribution in [-0.4, -0.2) is 13.2 Å². The minimum Gasteiger partial charge on any atom is -0.301 e. The van der Waals surface area contributed by atoms with Crippen molar-refractivity contribution in [3.8, 4) is 0 Å². The van der Waals surface area contributed by atoms with Gasteiger partial charge in [-0.05, 0) is 6.42 Å². The maximum absolute atomic E-state index is 4.88. The summed E-state index contributed by atoms with van der Waals surface area (Å²) in [6.07, 6.45) is 1.15. The molecule has 1 N–H and O–H groups in total. The molecule has 1 rings (SSSR count). The molecule has 6 heavy (non-hydrogen) atoms. The fourth-order valence-corrected chi connectivity index (χ4v) is 0.840. The van der Waals surface area contributed by atoms with Crippen LogP contribution in [0.1, 0.15) is 6.42 Å². The maximum atomic E-state index is 4.88. The Balaban J connectivity index is 2.00. The third-order valence-electron chi connectivity index (χ3n) is 0.624. The molecule has 0 aromatic carbocycles. The summed E-state index contributed by atoms with van der Waals surface area (Å²) in [5, 5.41) is 0. The van der Waals surface area contributed by atoms with Crippen LogP contribution < -0.4 is 4.72 Å². The zero-order chi connectivity index (χ0) is 4.24. The third-order valence-corrected chi connectivity index (χ3v) is 1.23. The molecule has 0 aliphatic carbocycles. The topological polar surface area (TPSA) is 21.3 Å². The second-order valence-corrected chi connectivity index (χ2v) is 1.84. The van der Waals surface area contributed by atoms with Crippen molar-refractivity contribution in [3.63, 3.8) is 0 Å². The van der Waals surface area contributed by atoms with Gasteiger partial charge in [-0.1, -0.05) is 0 Å². The first-order valence-corrected chi connectivity index (χ1v) is 2.75. The first-order chi connectivity index (χ1) is 3.00. The van der Waals surface area contributed by atoms with Gasteiger partial charge in [0.05, 0.1) is 18.8 Å². The molecule has 1 saturated heterocycles. The van der Waals surface area contributed by atoms with Crippen molar-refractivity contribution in [2.24, 2.45) is 0 Å². The summed E-state index contributed by atoms with van der Waals surface area (Å²) in [7, 11) is 0. The molecule has 1 aliphatic rings. The average molecular weight is 105 g/mol. The lowest BCUT2D eigenvalue weighted by Gasteiger charge is -2.07. The molecule has 0 amide bonds. The standard InChI is InChI=1S/C3H7NOS/c1-2-4-6-5-3-1/h4H,1-3H2. The summed E-state index contributed by atoms with van der Waals surface area (Å²) < 4.78 is 7.85. The van der Waals surface area contributed by atoms with E-state index in [1.54, 1.807) is 0 Å². The molecule has 0 bridgehead atoms. The Morgan fingerprint density at radius 3 is 2.83 bits per heavy atom. The number of hydrogen-bond donors (Lipinski definition) is 1.